The van der Waals surface area contributed by atoms with Crippen LogP contribution in [0.4, 0.5) is 0 Å². The average Bonchev–Trinajstić information content (AvgIpc) is 3.00. The van der Waals surface area contributed by atoms with Crippen LogP contribution in [0, 0.1) is 0 Å². The number of aryl methyl sites for hydroxylation is 1. The Labute approximate surface area is 122 Å². The monoisotopic (exact) mass is 296 g/mol. The molecule has 110 valence electrons. The lowest BCUT2D eigenvalue weighted by atomic mass is 10.0. The Balaban J connectivity index is 1.50. The zero-order valence-electron chi connectivity index (χ0n) is 11.5. The first kappa shape index (κ1) is 14.0. The first-order valence-electron chi connectivity index (χ1n) is 7.22. The molecular weight excluding hydrogens is 276 g/mol. The van der Waals surface area contributed by atoms with Gasteiger partial charge in [0.1, 0.15) is 6.10 Å². The summed E-state index contributed by atoms with van der Waals surface area (Å²) in [6, 6.07) is 0.213. The van der Waals surface area contributed by atoms with Crippen molar-refractivity contribution in [1.29, 1.82) is 0 Å². The summed E-state index contributed by atoms with van der Waals surface area (Å²) in [5.41, 5.74) is 0. The van der Waals surface area contributed by atoms with E-state index in [1.54, 1.807) is 11.3 Å². The van der Waals surface area contributed by atoms with Gasteiger partial charge in [0.2, 0.25) is 5.91 Å². The number of thiazole rings is 1. The van der Waals surface area contributed by atoms with Crippen LogP contribution in [0.5, 0.6) is 0 Å². The second kappa shape index (κ2) is 6.65. The van der Waals surface area contributed by atoms with Gasteiger partial charge >= 0.3 is 0 Å². The van der Waals surface area contributed by atoms with Crippen molar-refractivity contribution in [2.45, 2.75) is 37.8 Å². The number of hydrogen-bond donors (Lipinski definition) is 0. The molecule has 3 rings (SSSR count). The number of nitrogens with zero attached hydrogens (tertiary/aromatic N) is 2. The predicted octanol–water partition coefficient (Wildman–Crippen LogP) is 1.48. The third kappa shape index (κ3) is 3.19. The minimum Gasteiger partial charge on any atom is -0.379 e. The fourth-order valence-electron chi connectivity index (χ4n) is 2.91. The Kier molecular flexibility index (Phi) is 4.65. The second-order valence-corrected chi connectivity index (χ2v) is 6.19. The van der Waals surface area contributed by atoms with Crippen LogP contribution in [0.2, 0.25) is 0 Å². The number of fused-ring (bicyclic) bond motifs is 1. The van der Waals surface area contributed by atoms with Crippen LogP contribution >= 0.6 is 11.3 Å². The van der Waals surface area contributed by atoms with E-state index < -0.39 is 0 Å². The van der Waals surface area contributed by atoms with E-state index in [0.717, 1.165) is 37.4 Å². The summed E-state index contributed by atoms with van der Waals surface area (Å²) in [6.45, 7) is 2.70. The van der Waals surface area contributed by atoms with Crippen LogP contribution in [-0.4, -0.2) is 54.3 Å². The summed E-state index contributed by atoms with van der Waals surface area (Å²) < 4.78 is 11.1. The third-order valence-corrected chi connectivity index (χ3v) is 4.76. The fourth-order valence-corrected chi connectivity index (χ4v) is 3.57. The molecule has 2 atom stereocenters. The number of carbonyl (C=O) groups is 1. The van der Waals surface area contributed by atoms with E-state index in [0.29, 0.717) is 19.6 Å². The molecule has 2 saturated heterocycles. The molecule has 2 aliphatic rings. The number of rotatable bonds is 4. The quantitative estimate of drug-likeness (QED) is 0.844. The molecule has 3 heterocycles. The minimum atomic E-state index is 0.0698. The first-order chi connectivity index (χ1) is 9.84. The molecule has 0 saturated carbocycles. The van der Waals surface area contributed by atoms with Crippen LogP contribution in [0.25, 0.3) is 0 Å². The van der Waals surface area contributed by atoms with E-state index in [9.17, 15) is 4.79 Å². The molecule has 0 unspecified atom stereocenters. The van der Waals surface area contributed by atoms with E-state index in [-0.39, 0.29) is 18.1 Å². The Bertz CT molecular complexity index is 436. The molecule has 0 aromatic carbocycles. The molecule has 2 aliphatic heterocycles. The second-order valence-electron chi connectivity index (χ2n) is 5.21. The maximum atomic E-state index is 12.4. The smallest absolute Gasteiger partial charge is 0.223 e. The summed E-state index contributed by atoms with van der Waals surface area (Å²) in [6.07, 6.45) is 5.14. The van der Waals surface area contributed by atoms with E-state index in [1.165, 1.54) is 0 Å². The molecular formula is C14H20N2O3S. The zero-order chi connectivity index (χ0) is 13.8. The number of morpholine rings is 1. The van der Waals surface area contributed by atoms with Gasteiger partial charge in [-0.05, 0) is 19.3 Å². The Morgan fingerprint density at radius 3 is 3.30 bits per heavy atom. The molecule has 5 nitrogen and oxygen atoms in total. The number of aromatic nitrogens is 1. The predicted molar refractivity (Wildman–Crippen MR) is 75.7 cm³/mol. The molecule has 0 spiro atoms. The van der Waals surface area contributed by atoms with Crippen LogP contribution in [0.1, 0.15) is 24.3 Å². The Morgan fingerprint density at radius 1 is 1.50 bits per heavy atom. The summed E-state index contributed by atoms with van der Waals surface area (Å²) in [7, 11) is 0. The topological polar surface area (TPSA) is 51.7 Å². The standard InChI is InChI=1S/C14H20N2O3S/c17-14(3-1-2-13-15-5-9-20-13)16-6-8-19-12-10-18-7-4-11(12)16/h5,9,11-12H,1-4,6-8,10H2/t11-,12+/m0/s1. The average molecular weight is 296 g/mol. The number of amides is 1. The lowest BCUT2D eigenvalue weighted by Gasteiger charge is -2.43. The minimum absolute atomic E-state index is 0.0698. The summed E-state index contributed by atoms with van der Waals surface area (Å²) in [5.74, 6) is 0.252. The van der Waals surface area contributed by atoms with Crippen molar-refractivity contribution in [1.82, 2.24) is 9.88 Å². The molecule has 2 fully saturated rings. The Morgan fingerprint density at radius 2 is 2.45 bits per heavy atom. The molecule has 0 bridgehead atoms. The molecule has 1 amide bonds. The van der Waals surface area contributed by atoms with Gasteiger partial charge in [-0.3, -0.25) is 4.79 Å². The van der Waals surface area contributed by atoms with Crippen molar-refractivity contribution < 1.29 is 14.3 Å². The molecule has 0 aliphatic carbocycles. The van der Waals surface area contributed by atoms with Crippen LogP contribution in [0.3, 0.4) is 0 Å². The maximum Gasteiger partial charge on any atom is 0.223 e. The summed E-state index contributed by atoms with van der Waals surface area (Å²) in [4.78, 5) is 18.7. The van der Waals surface area contributed by atoms with Gasteiger partial charge < -0.3 is 14.4 Å². The van der Waals surface area contributed by atoms with E-state index >= 15 is 0 Å². The molecule has 1 aromatic rings. The van der Waals surface area contributed by atoms with Crippen LogP contribution in [-0.2, 0) is 20.7 Å². The van der Waals surface area contributed by atoms with Gasteiger partial charge in [-0.15, -0.1) is 11.3 Å². The summed E-state index contributed by atoms with van der Waals surface area (Å²) >= 11 is 1.66. The highest BCUT2D eigenvalue weighted by Crippen LogP contribution is 2.23. The Hall–Kier alpha value is -0.980. The normalized spacial score (nSPS) is 26.3. The van der Waals surface area contributed by atoms with Gasteiger partial charge in [0.15, 0.2) is 0 Å². The number of hydrogen-bond acceptors (Lipinski definition) is 5. The van der Waals surface area contributed by atoms with Crippen molar-refractivity contribution in [2.75, 3.05) is 26.4 Å². The molecule has 6 heteroatoms. The molecule has 0 radical (unpaired) electrons. The SMILES string of the molecule is O=C(CCCc1nccs1)N1CCO[C@@H]2COCC[C@@H]21. The van der Waals surface area contributed by atoms with Crippen molar-refractivity contribution in [2.24, 2.45) is 0 Å². The highest BCUT2D eigenvalue weighted by atomic mass is 32.1. The van der Waals surface area contributed by atoms with E-state index in [4.69, 9.17) is 9.47 Å². The van der Waals surface area contributed by atoms with E-state index in [2.05, 4.69) is 4.98 Å². The third-order valence-electron chi connectivity index (χ3n) is 3.92. The number of carbonyl (C=O) groups excluding carboxylic acids is 1. The van der Waals surface area contributed by atoms with Crippen molar-refractivity contribution in [3.05, 3.63) is 16.6 Å². The van der Waals surface area contributed by atoms with Gasteiger partial charge in [0, 0.05) is 31.1 Å². The first-order valence-corrected chi connectivity index (χ1v) is 8.10. The fraction of sp³-hybridized carbons (Fsp3) is 0.714. The molecule has 20 heavy (non-hydrogen) atoms. The van der Waals surface area contributed by atoms with Gasteiger partial charge in [-0.1, -0.05) is 0 Å². The highest BCUT2D eigenvalue weighted by Gasteiger charge is 2.36. The molecule has 0 N–H and O–H groups in total. The van der Waals surface area contributed by atoms with Crippen LogP contribution in [0.15, 0.2) is 11.6 Å². The van der Waals surface area contributed by atoms with Gasteiger partial charge in [0.05, 0.1) is 24.3 Å². The maximum absolute atomic E-state index is 12.4. The van der Waals surface area contributed by atoms with E-state index in [1.807, 2.05) is 16.5 Å². The van der Waals surface area contributed by atoms with Gasteiger partial charge in [-0.25, -0.2) is 4.98 Å². The summed E-state index contributed by atoms with van der Waals surface area (Å²) in [5, 5.41) is 3.09. The lowest BCUT2D eigenvalue weighted by Crippen LogP contribution is -2.57. The molecule has 1 aromatic heterocycles. The van der Waals surface area contributed by atoms with Gasteiger partial charge in [-0.2, -0.15) is 0 Å². The largest absolute Gasteiger partial charge is 0.379 e. The zero-order valence-corrected chi connectivity index (χ0v) is 12.3. The van der Waals surface area contributed by atoms with Gasteiger partial charge in [0.25, 0.3) is 0 Å². The number of ether oxygens (including phenoxy) is 2. The van der Waals surface area contributed by atoms with Crippen molar-refractivity contribution >= 4 is 17.2 Å². The van der Waals surface area contributed by atoms with Crippen LogP contribution < -0.4 is 0 Å². The highest BCUT2D eigenvalue weighted by molar-refractivity contribution is 7.09. The lowest BCUT2D eigenvalue weighted by molar-refractivity contribution is -0.161. The van der Waals surface area contributed by atoms with Crippen molar-refractivity contribution in [3.63, 3.8) is 0 Å². The van der Waals surface area contributed by atoms with Crippen molar-refractivity contribution in [3.8, 4) is 0 Å².